The van der Waals surface area contributed by atoms with Gasteiger partial charge in [0, 0.05) is 0 Å². The molecule has 0 spiro atoms. The van der Waals surface area contributed by atoms with Crippen LogP contribution in [0.4, 0.5) is 5.69 Å². The molecular formula is C10H13NO5S. The maximum absolute atomic E-state index is 10.7. The summed E-state index contributed by atoms with van der Waals surface area (Å²) in [6.45, 7) is 2.19. The van der Waals surface area contributed by atoms with Crippen LogP contribution in [0.3, 0.4) is 0 Å². The number of carboxylic acid groups (broad SMARTS) is 1. The maximum Gasteiger partial charge on any atom is 0.307 e. The molecule has 1 atom stereocenters. The second-order valence-corrected chi connectivity index (χ2v) is 3.89. The summed E-state index contributed by atoms with van der Waals surface area (Å²) in [5, 5.41) is 8.65. The lowest BCUT2D eigenvalue weighted by Gasteiger charge is -2.11. The summed E-state index contributed by atoms with van der Waals surface area (Å²) in [5.41, 5.74) is 0.820. The number of rotatable bonds is 6. The number of hydrogen-bond acceptors (Lipinski definition) is 3. The molecule has 0 aromatic heterocycles. The molecule has 0 amide bonds. The Morgan fingerprint density at radius 1 is 1.53 bits per heavy atom. The van der Waals surface area contributed by atoms with Crippen molar-refractivity contribution in [1.29, 1.82) is 0 Å². The first-order valence-corrected chi connectivity index (χ1v) is 5.98. The van der Waals surface area contributed by atoms with Crippen LogP contribution in [-0.4, -0.2) is 26.4 Å². The van der Waals surface area contributed by atoms with Gasteiger partial charge in [0.2, 0.25) is 0 Å². The van der Waals surface area contributed by atoms with E-state index in [0.29, 0.717) is 23.6 Å². The average Bonchev–Trinajstić information content (AvgIpc) is 2.20. The monoisotopic (exact) mass is 259 g/mol. The first-order valence-electron chi connectivity index (χ1n) is 4.88. The van der Waals surface area contributed by atoms with Gasteiger partial charge in [0.1, 0.15) is 5.75 Å². The van der Waals surface area contributed by atoms with E-state index >= 15 is 0 Å². The van der Waals surface area contributed by atoms with Crippen LogP contribution < -0.4 is 9.46 Å². The molecule has 0 saturated carbocycles. The Balaban J connectivity index is 3.00. The topological polar surface area (TPSA) is 95.9 Å². The van der Waals surface area contributed by atoms with Crippen LogP contribution >= 0.6 is 0 Å². The minimum atomic E-state index is -2.23. The maximum atomic E-state index is 10.7. The van der Waals surface area contributed by atoms with E-state index in [1.807, 2.05) is 0 Å². The Morgan fingerprint density at radius 3 is 2.76 bits per heavy atom. The Morgan fingerprint density at radius 2 is 2.24 bits per heavy atom. The van der Waals surface area contributed by atoms with Crippen LogP contribution in [0.25, 0.3) is 0 Å². The van der Waals surface area contributed by atoms with E-state index in [2.05, 4.69) is 4.72 Å². The van der Waals surface area contributed by atoms with Crippen LogP contribution in [0.2, 0.25) is 0 Å². The van der Waals surface area contributed by atoms with Gasteiger partial charge in [0.15, 0.2) is 0 Å². The van der Waals surface area contributed by atoms with E-state index in [9.17, 15) is 9.00 Å². The van der Waals surface area contributed by atoms with Crippen molar-refractivity contribution >= 4 is 22.9 Å². The summed E-state index contributed by atoms with van der Waals surface area (Å²) in [6, 6.07) is 4.65. The Hall–Kier alpha value is -1.60. The first kappa shape index (κ1) is 13.5. The summed E-state index contributed by atoms with van der Waals surface area (Å²) in [5.74, 6) is -0.561. The zero-order valence-electron chi connectivity index (χ0n) is 9.17. The summed E-state index contributed by atoms with van der Waals surface area (Å²) in [6.07, 6.45) is -0.154. The van der Waals surface area contributed by atoms with Gasteiger partial charge in [-0.15, -0.1) is 0 Å². The lowest BCUT2D eigenvalue weighted by molar-refractivity contribution is -0.136. The SMILES string of the molecule is CCOc1ccc(CC(=O)O)cc1NS(=O)O. The molecule has 1 unspecified atom stereocenters. The molecule has 0 aliphatic rings. The molecule has 0 saturated heterocycles. The third kappa shape index (κ3) is 4.41. The number of nitrogens with one attached hydrogen (secondary N) is 1. The molecule has 1 rings (SSSR count). The molecule has 6 nitrogen and oxygen atoms in total. The summed E-state index contributed by atoms with van der Waals surface area (Å²) in [7, 11) is 0. The zero-order valence-corrected chi connectivity index (χ0v) is 9.99. The summed E-state index contributed by atoms with van der Waals surface area (Å²) in [4.78, 5) is 10.6. The van der Waals surface area contributed by atoms with Gasteiger partial charge in [0.25, 0.3) is 11.3 Å². The second-order valence-electron chi connectivity index (χ2n) is 3.19. The zero-order chi connectivity index (χ0) is 12.8. The Kier molecular flexibility index (Phi) is 4.92. The summed E-state index contributed by atoms with van der Waals surface area (Å²) < 4.78 is 27.0. The second kappa shape index (κ2) is 6.21. The first-order chi connectivity index (χ1) is 8.02. The Bertz CT molecular complexity index is 435. The fourth-order valence-electron chi connectivity index (χ4n) is 1.32. The molecule has 1 aromatic carbocycles. The normalized spacial score (nSPS) is 11.9. The molecule has 17 heavy (non-hydrogen) atoms. The van der Waals surface area contributed by atoms with Crippen LogP contribution in [0, 0.1) is 0 Å². The van der Waals surface area contributed by atoms with Crippen molar-refractivity contribution in [3.63, 3.8) is 0 Å². The predicted molar refractivity (Wildman–Crippen MR) is 63.3 cm³/mol. The van der Waals surface area contributed by atoms with Crippen molar-refractivity contribution in [2.75, 3.05) is 11.3 Å². The van der Waals surface area contributed by atoms with Crippen molar-refractivity contribution in [2.45, 2.75) is 13.3 Å². The van der Waals surface area contributed by atoms with Crippen molar-refractivity contribution in [3.8, 4) is 5.75 Å². The van der Waals surface area contributed by atoms with Gasteiger partial charge in [-0.2, -0.15) is 0 Å². The smallest absolute Gasteiger partial charge is 0.307 e. The van der Waals surface area contributed by atoms with Crippen LogP contribution in [0.5, 0.6) is 5.75 Å². The fraction of sp³-hybridized carbons (Fsp3) is 0.300. The van der Waals surface area contributed by atoms with E-state index in [4.69, 9.17) is 14.4 Å². The lowest BCUT2D eigenvalue weighted by atomic mass is 10.1. The van der Waals surface area contributed by atoms with E-state index in [1.165, 1.54) is 6.07 Å². The molecule has 94 valence electrons. The van der Waals surface area contributed by atoms with Crippen molar-refractivity contribution in [1.82, 2.24) is 0 Å². The third-order valence-corrected chi connectivity index (χ3v) is 2.29. The lowest BCUT2D eigenvalue weighted by Crippen LogP contribution is -2.06. The number of benzene rings is 1. The van der Waals surface area contributed by atoms with Gasteiger partial charge in [-0.3, -0.25) is 14.1 Å². The van der Waals surface area contributed by atoms with Crippen molar-refractivity contribution in [2.24, 2.45) is 0 Å². The number of carboxylic acids is 1. The van der Waals surface area contributed by atoms with E-state index < -0.39 is 17.2 Å². The predicted octanol–water partition coefficient (Wildman–Crippen LogP) is 1.26. The number of aliphatic carboxylic acids is 1. The molecule has 0 aliphatic heterocycles. The number of hydrogen-bond donors (Lipinski definition) is 3. The van der Waals surface area contributed by atoms with Gasteiger partial charge in [-0.1, -0.05) is 6.07 Å². The number of anilines is 1. The van der Waals surface area contributed by atoms with Gasteiger partial charge in [0.05, 0.1) is 18.7 Å². The third-order valence-electron chi connectivity index (χ3n) is 1.90. The van der Waals surface area contributed by atoms with Gasteiger partial charge < -0.3 is 9.84 Å². The van der Waals surface area contributed by atoms with E-state index in [0.717, 1.165) is 0 Å². The standard InChI is InChI=1S/C10H13NO5S/c1-2-16-9-4-3-7(6-10(12)13)5-8(9)11-17(14)15/h3-5,11H,2,6H2,1H3,(H,12,13)(H,14,15). The minimum Gasteiger partial charge on any atom is -0.492 e. The molecule has 0 radical (unpaired) electrons. The Labute approximate surface area is 101 Å². The highest BCUT2D eigenvalue weighted by Crippen LogP contribution is 2.26. The molecular weight excluding hydrogens is 246 g/mol. The number of ether oxygens (including phenoxy) is 1. The van der Waals surface area contributed by atoms with E-state index in [1.54, 1.807) is 19.1 Å². The van der Waals surface area contributed by atoms with Gasteiger partial charge in [-0.05, 0) is 24.6 Å². The van der Waals surface area contributed by atoms with Crippen LogP contribution in [0.1, 0.15) is 12.5 Å². The number of carbonyl (C=O) groups is 1. The van der Waals surface area contributed by atoms with Crippen LogP contribution in [-0.2, 0) is 22.5 Å². The van der Waals surface area contributed by atoms with Crippen molar-refractivity contribution < 1.29 is 23.4 Å². The average molecular weight is 259 g/mol. The fourth-order valence-corrected chi connectivity index (χ4v) is 1.66. The molecule has 0 aliphatic carbocycles. The largest absolute Gasteiger partial charge is 0.492 e. The molecule has 1 aromatic rings. The molecule has 0 fully saturated rings. The molecule has 3 N–H and O–H groups in total. The van der Waals surface area contributed by atoms with Crippen molar-refractivity contribution in [3.05, 3.63) is 23.8 Å². The van der Waals surface area contributed by atoms with E-state index in [-0.39, 0.29) is 6.42 Å². The van der Waals surface area contributed by atoms with Gasteiger partial charge >= 0.3 is 5.97 Å². The molecule has 0 heterocycles. The highest BCUT2D eigenvalue weighted by atomic mass is 32.2. The minimum absolute atomic E-state index is 0.154. The van der Waals surface area contributed by atoms with Gasteiger partial charge in [-0.25, -0.2) is 4.21 Å². The quantitative estimate of drug-likeness (QED) is 0.668. The highest BCUT2D eigenvalue weighted by Gasteiger charge is 2.08. The van der Waals surface area contributed by atoms with Crippen LogP contribution in [0.15, 0.2) is 18.2 Å². The highest BCUT2D eigenvalue weighted by molar-refractivity contribution is 7.80. The molecule has 0 bridgehead atoms. The summed E-state index contributed by atoms with van der Waals surface area (Å²) >= 11 is -2.23. The molecule has 7 heteroatoms.